The number of aryl methyl sites for hydroxylation is 1. The molecule has 7 heteroatoms. The molecule has 0 atom stereocenters. The van der Waals surface area contributed by atoms with E-state index in [-0.39, 0.29) is 17.7 Å². The van der Waals surface area contributed by atoms with Gasteiger partial charge in [-0.2, -0.15) is 5.10 Å². The molecule has 0 spiro atoms. The first-order valence-electron chi connectivity index (χ1n) is 6.71. The van der Waals surface area contributed by atoms with Crippen LogP contribution in [0.5, 0.6) is 0 Å². The number of morpholine rings is 1. The molecule has 0 aromatic carbocycles. The Hall–Kier alpha value is -1.89. The Morgan fingerprint density at radius 3 is 2.60 bits per heavy atom. The maximum Gasteiger partial charge on any atom is 0.274 e. The molecule has 1 aliphatic rings. The van der Waals surface area contributed by atoms with Gasteiger partial charge in [0, 0.05) is 32.1 Å². The van der Waals surface area contributed by atoms with E-state index in [4.69, 9.17) is 4.74 Å². The second-order valence-electron chi connectivity index (χ2n) is 5.09. The molecular formula is C13H20N4O3. The van der Waals surface area contributed by atoms with Gasteiger partial charge in [-0.1, -0.05) is 13.8 Å². The van der Waals surface area contributed by atoms with Gasteiger partial charge in [0.1, 0.15) is 5.82 Å². The number of ether oxygens (including phenoxy) is 1. The zero-order valence-electron chi connectivity index (χ0n) is 12.0. The molecule has 1 aliphatic heterocycles. The Labute approximate surface area is 117 Å². The standard InChI is InChI=1S/C13H20N4O3/c1-9(2)12(18)14-11-8-10(15-16(11)3)13(19)17-4-6-20-7-5-17/h8-9H,4-7H2,1-3H3,(H,14,18). The summed E-state index contributed by atoms with van der Waals surface area (Å²) in [6.45, 7) is 5.87. The van der Waals surface area contributed by atoms with Crippen LogP contribution in [0.3, 0.4) is 0 Å². The molecule has 1 N–H and O–H groups in total. The largest absolute Gasteiger partial charge is 0.378 e. The molecule has 2 rings (SSSR count). The van der Waals surface area contributed by atoms with Crippen LogP contribution in [-0.2, 0) is 16.6 Å². The van der Waals surface area contributed by atoms with Crippen molar-refractivity contribution in [1.82, 2.24) is 14.7 Å². The molecule has 0 radical (unpaired) electrons. The number of hydrogen-bond acceptors (Lipinski definition) is 4. The lowest BCUT2D eigenvalue weighted by Crippen LogP contribution is -2.40. The van der Waals surface area contributed by atoms with Gasteiger partial charge in [-0.05, 0) is 0 Å². The van der Waals surface area contributed by atoms with Gasteiger partial charge in [0.15, 0.2) is 5.69 Å². The monoisotopic (exact) mass is 280 g/mol. The highest BCUT2D eigenvalue weighted by molar-refractivity contribution is 5.95. The number of amides is 2. The molecular weight excluding hydrogens is 260 g/mol. The summed E-state index contributed by atoms with van der Waals surface area (Å²) in [5, 5.41) is 6.92. The maximum atomic E-state index is 12.3. The van der Waals surface area contributed by atoms with Crippen molar-refractivity contribution in [2.24, 2.45) is 13.0 Å². The number of nitrogens with one attached hydrogen (secondary N) is 1. The summed E-state index contributed by atoms with van der Waals surface area (Å²) in [5.41, 5.74) is 0.341. The van der Waals surface area contributed by atoms with Gasteiger partial charge >= 0.3 is 0 Å². The predicted octanol–water partition coefficient (Wildman–Crippen LogP) is 0.487. The lowest BCUT2D eigenvalue weighted by atomic mass is 10.2. The zero-order chi connectivity index (χ0) is 14.7. The van der Waals surface area contributed by atoms with E-state index in [0.717, 1.165) is 0 Å². The Bertz CT molecular complexity index is 504. The molecule has 1 fully saturated rings. The number of hydrogen-bond donors (Lipinski definition) is 1. The normalized spacial score (nSPS) is 15.5. The molecule has 7 nitrogen and oxygen atoms in total. The first-order chi connectivity index (χ1) is 9.49. The topological polar surface area (TPSA) is 76.5 Å². The van der Waals surface area contributed by atoms with E-state index in [1.165, 1.54) is 4.68 Å². The summed E-state index contributed by atoms with van der Waals surface area (Å²) >= 11 is 0. The van der Waals surface area contributed by atoms with Gasteiger partial charge in [-0.25, -0.2) is 0 Å². The van der Waals surface area contributed by atoms with E-state index >= 15 is 0 Å². The molecule has 0 aliphatic carbocycles. The van der Waals surface area contributed by atoms with Crippen LogP contribution < -0.4 is 5.32 Å². The minimum atomic E-state index is -0.131. The molecule has 0 unspecified atom stereocenters. The van der Waals surface area contributed by atoms with Crippen molar-refractivity contribution in [3.63, 3.8) is 0 Å². The summed E-state index contributed by atoms with van der Waals surface area (Å²) in [6.07, 6.45) is 0. The number of aromatic nitrogens is 2. The molecule has 2 heterocycles. The SMILES string of the molecule is CC(C)C(=O)Nc1cc(C(=O)N2CCOCC2)nn1C. The maximum absolute atomic E-state index is 12.3. The van der Waals surface area contributed by atoms with Gasteiger partial charge in [-0.3, -0.25) is 14.3 Å². The predicted molar refractivity (Wildman–Crippen MR) is 73.4 cm³/mol. The summed E-state index contributed by atoms with van der Waals surface area (Å²) in [6, 6.07) is 1.61. The second kappa shape index (κ2) is 6.04. The second-order valence-corrected chi connectivity index (χ2v) is 5.09. The number of anilines is 1. The molecule has 1 aromatic heterocycles. The summed E-state index contributed by atoms with van der Waals surface area (Å²) in [5.74, 6) is 0.177. The van der Waals surface area contributed by atoms with Crippen LogP contribution >= 0.6 is 0 Å². The Morgan fingerprint density at radius 1 is 1.35 bits per heavy atom. The van der Waals surface area contributed by atoms with E-state index < -0.39 is 0 Å². The van der Waals surface area contributed by atoms with Crippen molar-refractivity contribution >= 4 is 17.6 Å². The van der Waals surface area contributed by atoms with Crippen molar-refractivity contribution in [3.8, 4) is 0 Å². The highest BCUT2D eigenvalue weighted by Crippen LogP contribution is 2.13. The minimum Gasteiger partial charge on any atom is -0.378 e. The third-order valence-electron chi connectivity index (χ3n) is 3.17. The van der Waals surface area contributed by atoms with Gasteiger partial charge in [0.2, 0.25) is 5.91 Å². The molecule has 2 amide bonds. The number of carbonyl (C=O) groups is 2. The molecule has 110 valence electrons. The van der Waals surface area contributed by atoms with Crippen LogP contribution in [0.25, 0.3) is 0 Å². The van der Waals surface area contributed by atoms with Crippen molar-refractivity contribution in [2.75, 3.05) is 31.6 Å². The van der Waals surface area contributed by atoms with Gasteiger partial charge < -0.3 is 15.0 Å². The lowest BCUT2D eigenvalue weighted by Gasteiger charge is -2.25. The summed E-state index contributed by atoms with van der Waals surface area (Å²) in [7, 11) is 1.70. The summed E-state index contributed by atoms with van der Waals surface area (Å²) < 4.78 is 6.73. The average molecular weight is 280 g/mol. The zero-order valence-corrected chi connectivity index (χ0v) is 12.0. The molecule has 0 bridgehead atoms. The first-order valence-corrected chi connectivity index (χ1v) is 6.71. The fourth-order valence-electron chi connectivity index (χ4n) is 1.89. The van der Waals surface area contributed by atoms with Crippen LogP contribution in [0, 0.1) is 5.92 Å². The van der Waals surface area contributed by atoms with E-state index in [1.54, 1.807) is 18.0 Å². The van der Waals surface area contributed by atoms with E-state index in [9.17, 15) is 9.59 Å². The molecule has 1 aromatic rings. The highest BCUT2D eigenvalue weighted by Gasteiger charge is 2.22. The molecule has 1 saturated heterocycles. The average Bonchev–Trinajstić information content (AvgIpc) is 2.80. The number of nitrogens with zero attached hydrogens (tertiary/aromatic N) is 3. The van der Waals surface area contributed by atoms with Crippen molar-refractivity contribution in [2.45, 2.75) is 13.8 Å². The Kier molecular flexibility index (Phi) is 4.39. The van der Waals surface area contributed by atoms with Crippen molar-refractivity contribution in [1.29, 1.82) is 0 Å². The number of rotatable bonds is 3. The molecule has 20 heavy (non-hydrogen) atoms. The van der Waals surface area contributed by atoms with Crippen molar-refractivity contribution < 1.29 is 14.3 Å². The van der Waals surface area contributed by atoms with Crippen LogP contribution in [0.2, 0.25) is 0 Å². The van der Waals surface area contributed by atoms with E-state index in [2.05, 4.69) is 10.4 Å². The fraction of sp³-hybridized carbons (Fsp3) is 0.615. The minimum absolute atomic E-state index is 0.0987. The third-order valence-corrected chi connectivity index (χ3v) is 3.17. The van der Waals surface area contributed by atoms with Crippen LogP contribution in [0.15, 0.2) is 6.07 Å². The highest BCUT2D eigenvalue weighted by atomic mass is 16.5. The third kappa shape index (κ3) is 3.16. The van der Waals surface area contributed by atoms with Crippen LogP contribution in [0.4, 0.5) is 5.82 Å². The van der Waals surface area contributed by atoms with E-state index in [0.29, 0.717) is 37.8 Å². The Balaban J connectivity index is 2.09. The lowest BCUT2D eigenvalue weighted by molar-refractivity contribution is -0.118. The van der Waals surface area contributed by atoms with Gasteiger partial charge in [0.25, 0.3) is 5.91 Å². The van der Waals surface area contributed by atoms with Gasteiger partial charge in [0.05, 0.1) is 13.2 Å². The summed E-state index contributed by atoms with van der Waals surface area (Å²) in [4.78, 5) is 25.7. The van der Waals surface area contributed by atoms with Crippen molar-refractivity contribution in [3.05, 3.63) is 11.8 Å². The first kappa shape index (κ1) is 14.5. The quantitative estimate of drug-likeness (QED) is 0.874. The Morgan fingerprint density at radius 2 is 2.00 bits per heavy atom. The number of carbonyl (C=O) groups excluding carboxylic acids is 2. The van der Waals surface area contributed by atoms with E-state index in [1.807, 2.05) is 13.8 Å². The van der Waals surface area contributed by atoms with Crippen LogP contribution in [0.1, 0.15) is 24.3 Å². The molecule has 0 saturated carbocycles. The van der Waals surface area contributed by atoms with Crippen LogP contribution in [-0.4, -0.2) is 52.8 Å². The smallest absolute Gasteiger partial charge is 0.274 e. The fourth-order valence-corrected chi connectivity index (χ4v) is 1.89. The van der Waals surface area contributed by atoms with Gasteiger partial charge in [-0.15, -0.1) is 0 Å².